The van der Waals surface area contributed by atoms with Crippen LogP contribution in [0, 0.1) is 5.82 Å². The van der Waals surface area contributed by atoms with Crippen LogP contribution in [0.4, 0.5) is 4.39 Å². The lowest BCUT2D eigenvalue weighted by Gasteiger charge is -2.22. The molecule has 0 saturated carbocycles. The van der Waals surface area contributed by atoms with Crippen LogP contribution in [0.2, 0.25) is 0 Å². The zero-order valence-electron chi connectivity index (χ0n) is 13.2. The zero-order valence-corrected chi connectivity index (χ0v) is 13.2. The van der Waals surface area contributed by atoms with E-state index in [0.717, 1.165) is 0 Å². The van der Waals surface area contributed by atoms with Gasteiger partial charge in [0.05, 0.1) is 18.0 Å². The molecule has 1 amide bonds. The Labute approximate surface area is 143 Å². The van der Waals surface area contributed by atoms with Gasteiger partial charge in [0.15, 0.2) is 11.5 Å². The predicted octanol–water partition coefficient (Wildman–Crippen LogP) is 2.54. The van der Waals surface area contributed by atoms with Gasteiger partial charge < -0.3 is 19.9 Å². The summed E-state index contributed by atoms with van der Waals surface area (Å²) in [4.78, 5) is 23.8. The molecule has 0 saturated heterocycles. The van der Waals surface area contributed by atoms with Gasteiger partial charge in [0.25, 0.3) is 5.91 Å². The molecule has 0 bridgehead atoms. The summed E-state index contributed by atoms with van der Waals surface area (Å²) in [6.07, 6.45) is -0.330. The number of carboxylic acids is 1. The quantitative estimate of drug-likeness (QED) is 0.870. The van der Waals surface area contributed by atoms with Crippen molar-refractivity contribution < 1.29 is 28.6 Å². The first-order valence-corrected chi connectivity index (χ1v) is 7.71. The predicted molar refractivity (Wildman–Crippen MR) is 86.3 cm³/mol. The number of fused-ring (bicyclic) bond motifs is 1. The summed E-state index contributed by atoms with van der Waals surface area (Å²) < 4.78 is 24.0. The Balaban J connectivity index is 1.85. The largest absolute Gasteiger partial charge is 0.486 e. The number of rotatable bonds is 5. The molecule has 6 nitrogen and oxygen atoms in total. The number of carbonyl (C=O) groups excluding carboxylic acids is 1. The fraction of sp³-hybridized carbons (Fsp3) is 0.222. The molecule has 0 spiro atoms. The van der Waals surface area contributed by atoms with Crippen molar-refractivity contribution in [1.82, 2.24) is 5.32 Å². The molecule has 1 heterocycles. The van der Waals surface area contributed by atoms with Gasteiger partial charge in [0.2, 0.25) is 0 Å². The minimum absolute atomic E-state index is 0.259. The number of hydrogen-bond donors (Lipinski definition) is 2. The van der Waals surface area contributed by atoms with E-state index in [0.29, 0.717) is 30.3 Å². The van der Waals surface area contributed by atoms with Crippen LogP contribution in [0.3, 0.4) is 0 Å². The standard InChI is InChI=1S/C18H16FNO5/c19-12-6-4-11(5-7-12)14(10-16(21)22)20-18(23)13-2-1-3-15-17(13)25-9-8-24-15/h1-7,14H,8-10H2,(H,20,23)(H,21,22). The highest BCUT2D eigenvalue weighted by Gasteiger charge is 2.24. The molecule has 1 aliphatic rings. The molecule has 1 atom stereocenters. The number of para-hydroxylation sites is 1. The molecular weight excluding hydrogens is 329 g/mol. The molecule has 1 unspecified atom stereocenters. The van der Waals surface area contributed by atoms with E-state index in [9.17, 15) is 14.0 Å². The minimum Gasteiger partial charge on any atom is -0.486 e. The van der Waals surface area contributed by atoms with Gasteiger partial charge in [0, 0.05) is 0 Å². The van der Waals surface area contributed by atoms with E-state index in [1.165, 1.54) is 24.3 Å². The van der Waals surface area contributed by atoms with Crippen molar-refractivity contribution >= 4 is 11.9 Å². The summed E-state index contributed by atoms with van der Waals surface area (Å²) in [7, 11) is 0. The Morgan fingerprint density at radius 1 is 1.12 bits per heavy atom. The second-order valence-corrected chi connectivity index (χ2v) is 5.51. The number of carbonyl (C=O) groups is 2. The third kappa shape index (κ3) is 3.88. The lowest BCUT2D eigenvalue weighted by molar-refractivity contribution is -0.137. The average molecular weight is 345 g/mol. The van der Waals surface area contributed by atoms with E-state index in [1.54, 1.807) is 18.2 Å². The summed E-state index contributed by atoms with van der Waals surface area (Å²) >= 11 is 0. The van der Waals surface area contributed by atoms with Crippen LogP contribution in [-0.4, -0.2) is 30.2 Å². The van der Waals surface area contributed by atoms with Gasteiger partial charge in [-0.25, -0.2) is 4.39 Å². The van der Waals surface area contributed by atoms with E-state index in [1.807, 2.05) is 0 Å². The van der Waals surface area contributed by atoms with Crippen LogP contribution in [-0.2, 0) is 4.79 Å². The maximum atomic E-state index is 13.1. The van der Waals surface area contributed by atoms with E-state index >= 15 is 0 Å². The Morgan fingerprint density at radius 3 is 2.56 bits per heavy atom. The molecular formula is C18H16FNO5. The van der Waals surface area contributed by atoms with E-state index < -0.39 is 23.7 Å². The fourth-order valence-corrected chi connectivity index (χ4v) is 2.61. The first-order chi connectivity index (χ1) is 12.0. The van der Waals surface area contributed by atoms with Gasteiger partial charge in [-0.2, -0.15) is 0 Å². The Bertz CT molecular complexity index is 791. The van der Waals surface area contributed by atoms with Crippen molar-refractivity contribution in [3.63, 3.8) is 0 Å². The second-order valence-electron chi connectivity index (χ2n) is 5.51. The van der Waals surface area contributed by atoms with E-state index in [4.69, 9.17) is 14.6 Å². The molecule has 0 aliphatic carbocycles. The van der Waals surface area contributed by atoms with Crippen molar-refractivity contribution in [3.8, 4) is 11.5 Å². The molecule has 7 heteroatoms. The van der Waals surface area contributed by atoms with E-state index in [2.05, 4.69) is 5.32 Å². The van der Waals surface area contributed by atoms with Crippen LogP contribution in [0.1, 0.15) is 28.4 Å². The van der Waals surface area contributed by atoms with Crippen molar-refractivity contribution in [3.05, 3.63) is 59.4 Å². The topological polar surface area (TPSA) is 84.9 Å². The number of hydrogen-bond acceptors (Lipinski definition) is 4. The lowest BCUT2D eigenvalue weighted by Crippen LogP contribution is -2.31. The van der Waals surface area contributed by atoms with Gasteiger partial charge in [-0.05, 0) is 29.8 Å². The number of halogens is 1. The molecule has 2 N–H and O–H groups in total. The molecule has 25 heavy (non-hydrogen) atoms. The summed E-state index contributed by atoms with van der Waals surface area (Å²) in [6, 6.07) is 9.46. The molecule has 0 radical (unpaired) electrons. The van der Waals surface area contributed by atoms with Gasteiger partial charge in [0.1, 0.15) is 19.0 Å². The summed E-state index contributed by atoms with van der Waals surface area (Å²) in [6.45, 7) is 0.725. The maximum absolute atomic E-state index is 13.1. The highest BCUT2D eigenvalue weighted by atomic mass is 19.1. The van der Waals surface area contributed by atoms with Crippen LogP contribution in [0.5, 0.6) is 11.5 Å². The van der Waals surface area contributed by atoms with Crippen molar-refractivity contribution in [2.24, 2.45) is 0 Å². The second kappa shape index (κ2) is 7.21. The fourth-order valence-electron chi connectivity index (χ4n) is 2.61. The Kier molecular flexibility index (Phi) is 4.83. The first kappa shape index (κ1) is 16.8. The minimum atomic E-state index is -1.08. The van der Waals surface area contributed by atoms with Crippen LogP contribution in [0.15, 0.2) is 42.5 Å². The van der Waals surface area contributed by atoms with Crippen molar-refractivity contribution in [2.75, 3.05) is 13.2 Å². The number of ether oxygens (including phenoxy) is 2. The molecule has 2 aromatic carbocycles. The normalized spacial score (nSPS) is 13.8. The number of carboxylic acid groups (broad SMARTS) is 1. The smallest absolute Gasteiger partial charge is 0.305 e. The third-order valence-electron chi connectivity index (χ3n) is 3.77. The van der Waals surface area contributed by atoms with Gasteiger partial charge in [-0.15, -0.1) is 0 Å². The van der Waals surface area contributed by atoms with Gasteiger partial charge in [-0.3, -0.25) is 9.59 Å². The van der Waals surface area contributed by atoms with Crippen molar-refractivity contribution in [1.29, 1.82) is 0 Å². The summed E-state index contributed by atoms with van der Waals surface area (Å²) in [5.74, 6) is -1.20. The first-order valence-electron chi connectivity index (χ1n) is 7.71. The Hall–Kier alpha value is -3.09. The average Bonchev–Trinajstić information content (AvgIpc) is 2.61. The molecule has 3 rings (SSSR count). The maximum Gasteiger partial charge on any atom is 0.305 e. The summed E-state index contributed by atoms with van der Waals surface area (Å²) in [5, 5.41) is 11.8. The van der Waals surface area contributed by atoms with Crippen LogP contribution >= 0.6 is 0 Å². The SMILES string of the molecule is O=C(O)CC(NC(=O)c1cccc2c1OCCO2)c1ccc(F)cc1. The Morgan fingerprint density at radius 2 is 1.84 bits per heavy atom. The lowest BCUT2D eigenvalue weighted by atomic mass is 10.0. The molecule has 2 aromatic rings. The van der Waals surface area contributed by atoms with E-state index in [-0.39, 0.29) is 12.0 Å². The summed E-state index contributed by atoms with van der Waals surface area (Å²) in [5.41, 5.74) is 0.758. The number of aliphatic carboxylic acids is 1. The van der Waals surface area contributed by atoms with Crippen molar-refractivity contribution in [2.45, 2.75) is 12.5 Å². The molecule has 1 aliphatic heterocycles. The third-order valence-corrected chi connectivity index (χ3v) is 3.77. The molecule has 0 aromatic heterocycles. The van der Waals surface area contributed by atoms with Gasteiger partial charge >= 0.3 is 5.97 Å². The highest BCUT2D eigenvalue weighted by molar-refractivity contribution is 5.98. The molecule has 0 fully saturated rings. The van der Waals surface area contributed by atoms with Gasteiger partial charge in [-0.1, -0.05) is 18.2 Å². The number of nitrogens with one attached hydrogen (secondary N) is 1. The number of benzene rings is 2. The molecule has 130 valence electrons. The highest BCUT2D eigenvalue weighted by Crippen LogP contribution is 2.34. The monoisotopic (exact) mass is 345 g/mol. The van der Waals surface area contributed by atoms with Crippen LogP contribution < -0.4 is 14.8 Å². The zero-order chi connectivity index (χ0) is 17.8. The number of amides is 1. The van der Waals surface area contributed by atoms with Crippen LogP contribution in [0.25, 0.3) is 0 Å².